The molecule has 0 amide bonds. The van der Waals surface area contributed by atoms with Crippen LogP contribution >= 0.6 is 23.8 Å². The van der Waals surface area contributed by atoms with Gasteiger partial charge in [-0.3, -0.25) is 9.47 Å². The molecule has 0 bridgehead atoms. The van der Waals surface area contributed by atoms with Crippen LogP contribution in [0.2, 0.25) is 5.02 Å². The van der Waals surface area contributed by atoms with Crippen molar-refractivity contribution < 1.29 is 4.74 Å². The maximum absolute atomic E-state index is 6.09. The maximum Gasteiger partial charge on any atom is 0.204 e. The summed E-state index contributed by atoms with van der Waals surface area (Å²) in [5.74, 6) is 1.63. The number of ether oxygens (including phenoxy) is 1. The lowest BCUT2D eigenvalue weighted by atomic mass is 10.2. The van der Waals surface area contributed by atoms with Crippen molar-refractivity contribution in [3.05, 3.63) is 94.2 Å². The fourth-order valence-corrected chi connectivity index (χ4v) is 3.83. The molecule has 5 nitrogen and oxygen atoms in total. The second-order valence-corrected chi connectivity index (χ2v) is 8.09. The van der Waals surface area contributed by atoms with Gasteiger partial charge in [-0.25, -0.2) is 4.68 Å². The Kier molecular flexibility index (Phi) is 6.51. The van der Waals surface area contributed by atoms with Crippen LogP contribution in [0, 0.1) is 4.77 Å². The normalized spacial score (nSPS) is 11.1. The van der Waals surface area contributed by atoms with Gasteiger partial charge in [0.2, 0.25) is 4.77 Å². The van der Waals surface area contributed by atoms with Gasteiger partial charge in [-0.05, 0) is 73.4 Å². The van der Waals surface area contributed by atoms with E-state index in [1.165, 1.54) is 5.56 Å². The lowest BCUT2D eigenvalue weighted by Crippen LogP contribution is -2.22. The minimum atomic E-state index is 0.561. The molecule has 0 fully saturated rings. The molecule has 0 spiro atoms. The van der Waals surface area contributed by atoms with Crippen molar-refractivity contribution in [3.8, 4) is 22.8 Å². The first-order chi connectivity index (χ1) is 15.0. The molecule has 0 aliphatic heterocycles. The third-order valence-corrected chi connectivity index (χ3v) is 5.59. The van der Waals surface area contributed by atoms with E-state index in [2.05, 4.69) is 24.1 Å². The largest absolute Gasteiger partial charge is 0.497 e. The number of hydrogen-bond acceptors (Lipinski definition) is 4. The van der Waals surface area contributed by atoms with Crippen LogP contribution < -0.4 is 4.74 Å². The number of benzene rings is 3. The summed E-state index contributed by atoms with van der Waals surface area (Å²) in [7, 11) is 3.72. The lowest BCUT2D eigenvalue weighted by molar-refractivity contribution is 0.244. The topological polar surface area (TPSA) is 35.2 Å². The molecule has 3 aromatic carbocycles. The highest BCUT2D eigenvalue weighted by Gasteiger charge is 2.15. The summed E-state index contributed by atoms with van der Waals surface area (Å²) in [6.45, 7) is 1.32. The Balaban J connectivity index is 1.66. The molecule has 0 saturated carbocycles. The smallest absolute Gasteiger partial charge is 0.204 e. The van der Waals surface area contributed by atoms with Crippen molar-refractivity contribution in [2.24, 2.45) is 0 Å². The van der Waals surface area contributed by atoms with E-state index >= 15 is 0 Å². The highest BCUT2D eigenvalue weighted by Crippen LogP contribution is 2.24. The zero-order valence-corrected chi connectivity index (χ0v) is 19.0. The van der Waals surface area contributed by atoms with Crippen LogP contribution in [0.15, 0.2) is 78.9 Å². The van der Waals surface area contributed by atoms with Crippen LogP contribution in [0.4, 0.5) is 0 Å². The third kappa shape index (κ3) is 4.88. The molecule has 158 valence electrons. The molecule has 0 saturated heterocycles. The van der Waals surface area contributed by atoms with Gasteiger partial charge in [0.25, 0.3) is 0 Å². The molecule has 31 heavy (non-hydrogen) atoms. The first kappa shape index (κ1) is 21.3. The molecule has 0 aliphatic carbocycles. The molecule has 0 N–H and O–H groups in total. The minimum absolute atomic E-state index is 0.561. The molecule has 1 aromatic heterocycles. The van der Waals surface area contributed by atoms with Gasteiger partial charge in [-0.1, -0.05) is 41.9 Å². The standard InChI is InChI=1S/C24H23ClN4OS/c1-27(16-18-8-14-22(30-2)15-9-18)17-28-24(31)29(21-6-4-3-5-7-21)23(26-28)19-10-12-20(25)13-11-19/h3-15H,16-17H2,1-2H3. The van der Waals surface area contributed by atoms with Gasteiger partial charge >= 0.3 is 0 Å². The van der Waals surface area contributed by atoms with Crippen molar-refractivity contribution in [2.45, 2.75) is 13.2 Å². The summed E-state index contributed by atoms with van der Waals surface area (Å²) >= 11 is 11.9. The second kappa shape index (κ2) is 9.47. The van der Waals surface area contributed by atoms with E-state index in [1.807, 2.05) is 76.0 Å². The summed E-state index contributed by atoms with van der Waals surface area (Å²) in [6.07, 6.45) is 0. The third-order valence-electron chi connectivity index (χ3n) is 4.94. The Bertz CT molecular complexity index is 1200. The number of halogens is 1. The van der Waals surface area contributed by atoms with Gasteiger partial charge in [0.1, 0.15) is 5.75 Å². The quantitative estimate of drug-likeness (QED) is 0.332. The molecule has 4 rings (SSSR count). The van der Waals surface area contributed by atoms with E-state index < -0.39 is 0 Å². The fourth-order valence-electron chi connectivity index (χ4n) is 3.42. The van der Waals surface area contributed by atoms with Crippen LogP contribution in [0.1, 0.15) is 5.56 Å². The van der Waals surface area contributed by atoms with Crippen LogP contribution in [0.5, 0.6) is 5.75 Å². The first-order valence-corrected chi connectivity index (χ1v) is 10.7. The molecule has 7 heteroatoms. The van der Waals surface area contributed by atoms with E-state index in [9.17, 15) is 0 Å². The Labute approximate surface area is 192 Å². The number of aromatic nitrogens is 3. The number of para-hydroxylation sites is 1. The van der Waals surface area contributed by atoms with E-state index in [-0.39, 0.29) is 0 Å². The van der Waals surface area contributed by atoms with E-state index in [4.69, 9.17) is 33.7 Å². The van der Waals surface area contributed by atoms with Crippen molar-refractivity contribution >= 4 is 23.8 Å². The van der Waals surface area contributed by atoms with Gasteiger partial charge in [0.05, 0.1) is 13.8 Å². The molecule has 0 aliphatic rings. The summed E-state index contributed by atoms with van der Waals surface area (Å²) in [4.78, 5) is 2.17. The number of hydrogen-bond donors (Lipinski definition) is 0. The van der Waals surface area contributed by atoms with Crippen molar-refractivity contribution in [1.29, 1.82) is 0 Å². The molecule has 4 aromatic rings. The Morgan fingerprint density at radius 1 is 0.968 bits per heavy atom. The van der Waals surface area contributed by atoms with Crippen LogP contribution in [-0.2, 0) is 13.2 Å². The number of rotatable bonds is 7. The second-order valence-electron chi connectivity index (χ2n) is 7.29. The lowest BCUT2D eigenvalue weighted by Gasteiger charge is -2.16. The highest BCUT2D eigenvalue weighted by atomic mass is 35.5. The average Bonchev–Trinajstić information content (AvgIpc) is 3.11. The number of methoxy groups -OCH3 is 1. The Morgan fingerprint density at radius 3 is 2.29 bits per heavy atom. The van der Waals surface area contributed by atoms with Crippen LogP contribution in [0.25, 0.3) is 17.1 Å². The summed E-state index contributed by atoms with van der Waals surface area (Å²) in [5, 5.41) is 5.55. The average molecular weight is 451 g/mol. The monoisotopic (exact) mass is 450 g/mol. The summed E-state index contributed by atoms with van der Waals surface area (Å²) < 4.78 is 9.73. The van der Waals surface area contributed by atoms with Gasteiger partial charge < -0.3 is 4.74 Å². The first-order valence-electron chi connectivity index (χ1n) is 9.88. The SMILES string of the molecule is COc1ccc(CN(C)Cn2nc(-c3ccc(Cl)cc3)n(-c3ccccc3)c2=S)cc1. The number of nitrogens with zero attached hydrogens (tertiary/aromatic N) is 4. The fraction of sp³-hybridized carbons (Fsp3) is 0.167. The minimum Gasteiger partial charge on any atom is -0.497 e. The van der Waals surface area contributed by atoms with E-state index in [0.29, 0.717) is 16.5 Å². The summed E-state index contributed by atoms with van der Waals surface area (Å²) in [6, 6.07) is 25.8. The van der Waals surface area contributed by atoms with E-state index in [0.717, 1.165) is 29.4 Å². The molecular weight excluding hydrogens is 428 g/mol. The predicted molar refractivity (Wildman–Crippen MR) is 127 cm³/mol. The van der Waals surface area contributed by atoms with Crippen molar-refractivity contribution in [1.82, 2.24) is 19.2 Å². The zero-order valence-electron chi connectivity index (χ0n) is 17.4. The van der Waals surface area contributed by atoms with Gasteiger partial charge in [0, 0.05) is 22.8 Å². The van der Waals surface area contributed by atoms with Gasteiger partial charge in [0.15, 0.2) is 5.82 Å². The molecule has 0 atom stereocenters. The summed E-state index contributed by atoms with van der Waals surface area (Å²) in [5.41, 5.74) is 3.12. The van der Waals surface area contributed by atoms with E-state index in [1.54, 1.807) is 7.11 Å². The van der Waals surface area contributed by atoms with Crippen molar-refractivity contribution in [2.75, 3.05) is 14.2 Å². The highest BCUT2D eigenvalue weighted by molar-refractivity contribution is 7.71. The maximum atomic E-state index is 6.09. The van der Waals surface area contributed by atoms with Crippen LogP contribution in [0.3, 0.4) is 0 Å². The zero-order chi connectivity index (χ0) is 21.8. The van der Waals surface area contributed by atoms with Crippen molar-refractivity contribution in [3.63, 3.8) is 0 Å². The van der Waals surface area contributed by atoms with Gasteiger partial charge in [-0.2, -0.15) is 0 Å². The molecule has 0 unspecified atom stereocenters. The predicted octanol–water partition coefficient (Wildman–Crippen LogP) is 5.82. The Hall–Kier alpha value is -2.93. The molecule has 1 heterocycles. The Morgan fingerprint density at radius 2 is 1.65 bits per heavy atom. The van der Waals surface area contributed by atoms with Gasteiger partial charge in [-0.15, -0.1) is 5.10 Å². The van der Waals surface area contributed by atoms with Crippen LogP contribution in [-0.4, -0.2) is 33.4 Å². The molecular formula is C24H23ClN4OS. The molecule has 0 radical (unpaired) electrons.